The number of methoxy groups -OCH3 is 1. The molecular formula is C19H19FN2O4. The number of ether oxygens (including phenoxy) is 2. The van der Waals surface area contributed by atoms with Crippen LogP contribution in [0.5, 0.6) is 11.5 Å². The van der Waals surface area contributed by atoms with Crippen LogP contribution in [0.25, 0.3) is 0 Å². The molecule has 0 aromatic heterocycles. The minimum atomic E-state index is -1.02. The normalized spacial score (nSPS) is 16.8. The van der Waals surface area contributed by atoms with Crippen molar-refractivity contribution in [3.05, 3.63) is 59.9 Å². The van der Waals surface area contributed by atoms with Crippen molar-refractivity contribution < 1.29 is 23.5 Å². The molecule has 3 rings (SSSR count). The SMILES string of the molecule is COc1ccccc1OCC(=O)N1CCNC(=O)C1c1ccccc1F. The third-order valence-electron chi connectivity index (χ3n) is 4.15. The Bertz CT molecular complexity index is 812. The fourth-order valence-corrected chi connectivity index (χ4v) is 2.90. The second kappa shape index (κ2) is 7.86. The Morgan fingerprint density at radius 3 is 2.62 bits per heavy atom. The Hall–Kier alpha value is -3.09. The topological polar surface area (TPSA) is 67.9 Å². The number of halogens is 1. The number of para-hydroxylation sites is 2. The van der Waals surface area contributed by atoms with Crippen LogP contribution < -0.4 is 14.8 Å². The van der Waals surface area contributed by atoms with Crippen molar-refractivity contribution in [1.29, 1.82) is 0 Å². The lowest BCUT2D eigenvalue weighted by atomic mass is 10.0. The van der Waals surface area contributed by atoms with E-state index in [9.17, 15) is 14.0 Å². The van der Waals surface area contributed by atoms with Crippen LogP contribution in [0.2, 0.25) is 0 Å². The lowest BCUT2D eigenvalue weighted by molar-refractivity contribution is -0.145. The van der Waals surface area contributed by atoms with Crippen molar-refractivity contribution in [1.82, 2.24) is 10.2 Å². The zero-order valence-corrected chi connectivity index (χ0v) is 14.3. The molecular weight excluding hydrogens is 339 g/mol. The number of hydrogen-bond acceptors (Lipinski definition) is 4. The molecule has 2 aromatic carbocycles. The first-order valence-electron chi connectivity index (χ1n) is 8.19. The van der Waals surface area contributed by atoms with Crippen LogP contribution in [0.1, 0.15) is 11.6 Å². The van der Waals surface area contributed by atoms with E-state index in [1.165, 1.54) is 30.2 Å². The molecule has 26 heavy (non-hydrogen) atoms. The molecule has 136 valence electrons. The zero-order valence-electron chi connectivity index (χ0n) is 14.3. The maximum Gasteiger partial charge on any atom is 0.261 e. The number of benzene rings is 2. The van der Waals surface area contributed by atoms with Gasteiger partial charge in [0.15, 0.2) is 18.1 Å². The zero-order chi connectivity index (χ0) is 18.5. The number of amides is 2. The van der Waals surface area contributed by atoms with Gasteiger partial charge in [-0.05, 0) is 18.2 Å². The summed E-state index contributed by atoms with van der Waals surface area (Å²) in [7, 11) is 1.51. The lowest BCUT2D eigenvalue weighted by Crippen LogP contribution is -2.53. The van der Waals surface area contributed by atoms with Gasteiger partial charge < -0.3 is 19.7 Å². The van der Waals surface area contributed by atoms with Gasteiger partial charge in [0.05, 0.1) is 7.11 Å². The summed E-state index contributed by atoms with van der Waals surface area (Å²) in [5, 5.41) is 2.67. The number of piperazine rings is 1. The van der Waals surface area contributed by atoms with Crippen LogP contribution in [0.4, 0.5) is 4.39 Å². The van der Waals surface area contributed by atoms with Crippen LogP contribution in [-0.2, 0) is 9.59 Å². The Balaban J connectivity index is 1.78. The van der Waals surface area contributed by atoms with Gasteiger partial charge in [-0.1, -0.05) is 30.3 Å². The van der Waals surface area contributed by atoms with Gasteiger partial charge in [0.1, 0.15) is 11.9 Å². The molecule has 1 heterocycles. The standard InChI is InChI=1S/C19H19FN2O4/c1-25-15-8-4-5-9-16(15)26-12-17(23)22-11-10-21-19(24)18(22)13-6-2-3-7-14(13)20/h2-9,18H,10-12H2,1H3,(H,21,24). The number of rotatable bonds is 5. The van der Waals surface area contributed by atoms with E-state index in [0.29, 0.717) is 18.0 Å². The van der Waals surface area contributed by atoms with Crippen molar-refractivity contribution in [2.24, 2.45) is 0 Å². The molecule has 1 fully saturated rings. The molecule has 0 bridgehead atoms. The highest BCUT2D eigenvalue weighted by atomic mass is 19.1. The highest BCUT2D eigenvalue weighted by Gasteiger charge is 2.36. The average Bonchev–Trinajstić information content (AvgIpc) is 2.67. The number of nitrogens with one attached hydrogen (secondary N) is 1. The molecule has 1 N–H and O–H groups in total. The highest BCUT2D eigenvalue weighted by molar-refractivity contribution is 5.90. The van der Waals surface area contributed by atoms with Gasteiger partial charge in [-0.3, -0.25) is 9.59 Å². The maximum absolute atomic E-state index is 14.2. The van der Waals surface area contributed by atoms with Gasteiger partial charge in [-0.2, -0.15) is 0 Å². The molecule has 0 radical (unpaired) electrons. The van der Waals surface area contributed by atoms with Gasteiger partial charge in [0.25, 0.3) is 5.91 Å². The molecule has 1 aliphatic rings. The van der Waals surface area contributed by atoms with E-state index < -0.39 is 23.7 Å². The molecule has 1 aliphatic heterocycles. The Labute approximate surface area is 150 Å². The summed E-state index contributed by atoms with van der Waals surface area (Å²) in [4.78, 5) is 26.3. The predicted octanol–water partition coefficient (Wildman–Crippen LogP) is 1.91. The monoisotopic (exact) mass is 358 g/mol. The summed E-state index contributed by atoms with van der Waals surface area (Å²) in [5.74, 6) is -0.418. The van der Waals surface area contributed by atoms with Crippen LogP contribution in [0.15, 0.2) is 48.5 Å². The molecule has 1 unspecified atom stereocenters. The summed E-state index contributed by atoms with van der Waals surface area (Å²) < 4.78 is 24.9. The smallest absolute Gasteiger partial charge is 0.261 e. The third kappa shape index (κ3) is 3.61. The first-order valence-corrected chi connectivity index (χ1v) is 8.19. The molecule has 2 amide bonds. The molecule has 2 aromatic rings. The highest BCUT2D eigenvalue weighted by Crippen LogP contribution is 2.28. The van der Waals surface area contributed by atoms with E-state index in [2.05, 4.69) is 5.32 Å². The molecule has 0 aliphatic carbocycles. The fraction of sp³-hybridized carbons (Fsp3) is 0.263. The minimum absolute atomic E-state index is 0.162. The summed E-state index contributed by atoms with van der Waals surface area (Å²) in [5.41, 5.74) is 0.162. The van der Waals surface area contributed by atoms with Crippen LogP contribution in [0, 0.1) is 5.82 Å². The van der Waals surface area contributed by atoms with E-state index in [-0.39, 0.29) is 18.7 Å². The molecule has 1 saturated heterocycles. The lowest BCUT2D eigenvalue weighted by Gasteiger charge is -2.35. The molecule has 7 heteroatoms. The van der Waals surface area contributed by atoms with Gasteiger partial charge in [-0.15, -0.1) is 0 Å². The van der Waals surface area contributed by atoms with Gasteiger partial charge >= 0.3 is 0 Å². The van der Waals surface area contributed by atoms with E-state index >= 15 is 0 Å². The predicted molar refractivity (Wildman–Crippen MR) is 92.4 cm³/mol. The molecule has 0 spiro atoms. The second-order valence-electron chi connectivity index (χ2n) is 5.74. The average molecular weight is 358 g/mol. The first kappa shape index (κ1) is 17.7. The minimum Gasteiger partial charge on any atom is -0.493 e. The van der Waals surface area contributed by atoms with Gasteiger partial charge in [-0.25, -0.2) is 4.39 Å². The Morgan fingerprint density at radius 2 is 1.88 bits per heavy atom. The van der Waals surface area contributed by atoms with Gasteiger partial charge in [0, 0.05) is 18.7 Å². The van der Waals surface area contributed by atoms with Crippen molar-refractivity contribution in [2.45, 2.75) is 6.04 Å². The number of carbonyl (C=O) groups is 2. The Morgan fingerprint density at radius 1 is 1.19 bits per heavy atom. The Kier molecular flexibility index (Phi) is 5.36. The van der Waals surface area contributed by atoms with Crippen LogP contribution in [0.3, 0.4) is 0 Å². The van der Waals surface area contributed by atoms with E-state index in [1.807, 2.05) is 0 Å². The number of hydrogen-bond donors (Lipinski definition) is 1. The van der Waals surface area contributed by atoms with Crippen LogP contribution >= 0.6 is 0 Å². The first-order chi connectivity index (χ1) is 12.6. The number of carbonyl (C=O) groups excluding carboxylic acids is 2. The van der Waals surface area contributed by atoms with E-state index in [4.69, 9.17) is 9.47 Å². The summed E-state index contributed by atoms with van der Waals surface area (Å²) >= 11 is 0. The fourth-order valence-electron chi connectivity index (χ4n) is 2.90. The van der Waals surface area contributed by atoms with Gasteiger partial charge in [0.2, 0.25) is 5.91 Å². The van der Waals surface area contributed by atoms with Crippen molar-refractivity contribution in [3.63, 3.8) is 0 Å². The summed E-state index contributed by atoms with van der Waals surface area (Å²) in [6.07, 6.45) is 0. The quantitative estimate of drug-likeness (QED) is 0.887. The van der Waals surface area contributed by atoms with E-state index in [1.54, 1.807) is 30.3 Å². The van der Waals surface area contributed by atoms with E-state index in [0.717, 1.165) is 0 Å². The third-order valence-corrected chi connectivity index (χ3v) is 4.15. The summed E-state index contributed by atoms with van der Waals surface area (Å²) in [6.45, 7) is 0.307. The summed E-state index contributed by atoms with van der Waals surface area (Å²) in [6, 6.07) is 11.9. The molecule has 1 atom stereocenters. The van der Waals surface area contributed by atoms with Crippen LogP contribution in [-0.4, -0.2) is 43.5 Å². The maximum atomic E-state index is 14.2. The molecule has 0 saturated carbocycles. The van der Waals surface area contributed by atoms with Crippen molar-refractivity contribution in [3.8, 4) is 11.5 Å². The number of nitrogens with zero attached hydrogens (tertiary/aromatic N) is 1. The van der Waals surface area contributed by atoms with Crippen molar-refractivity contribution >= 4 is 11.8 Å². The molecule has 6 nitrogen and oxygen atoms in total. The second-order valence-corrected chi connectivity index (χ2v) is 5.74. The van der Waals surface area contributed by atoms with Crippen molar-refractivity contribution in [2.75, 3.05) is 26.8 Å². The largest absolute Gasteiger partial charge is 0.493 e.